The predicted octanol–water partition coefficient (Wildman–Crippen LogP) is 1.88. The molecule has 2 aliphatic rings. The van der Waals surface area contributed by atoms with Crippen LogP contribution in [0.15, 0.2) is 53.0 Å². The van der Waals surface area contributed by atoms with Crippen molar-refractivity contribution >= 4 is 40.3 Å². The Kier molecular flexibility index (Phi) is 3.09. The molecule has 1 aromatic heterocycles. The molecular formula is C16H10N2O4S. The monoisotopic (exact) mass is 326 g/mol. The molecule has 3 heterocycles. The summed E-state index contributed by atoms with van der Waals surface area (Å²) in [6, 6.07) is 12.0. The number of fused-ring (bicyclic) bond motifs is 1. The lowest BCUT2D eigenvalue weighted by atomic mass is 9.96. The third-order valence-corrected chi connectivity index (χ3v) is 4.67. The van der Waals surface area contributed by atoms with Crippen LogP contribution in [0.25, 0.3) is 0 Å². The molecule has 1 aromatic carbocycles. The number of carbonyl (C=O) groups is 3. The van der Waals surface area contributed by atoms with Crippen LogP contribution in [0.4, 0.5) is 5.69 Å². The Bertz CT molecular complexity index is 829. The van der Waals surface area contributed by atoms with E-state index in [1.165, 1.54) is 11.3 Å². The second-order valence-electron chi connectivity index (χ2n) is 5.13. The number of benzene rings is 1. The number of nitrogens with zero attached hydrogens (tertiary/aromatic N) is 2. The molecule has 4 rings (SSSR count). The molecule has 0 N–H and O–H groups in total. The van der Waals surface area contributed by atoms with Crippen LogP contribution < -0.4 is 4.90 Å². The molecule has 0 bridgehead atoms. The molecule has 114 valence electrons. The van der Waals surface area contributed by atoms with Gasteiger partial charge in [0, 0.05) is 0 Å². The average molecular weight is 326 g/mol. The molecule has 0 radical (unpaired) electrons. The summed E-state index contributed by atoms with van der Waals surface area (Å²) in [6.07, 6.45) is -1.05. The molecule has 2 amide bonds. The molecule has 0 unspecified atom stereocenters. The Labute approximate surface area is 135 Å². The van der Waals surface area contributed by atoms with Gasteiger partial charge in [-0.3, -0.25) is 14.4 Å². The number of ketones is 1. The van der Waals surface area contributed by atoms with Crippen LogP contribution in [0, 0.1) is 5.92 Å². The second-order valence-corrected chi connectivity index (χ2v) is 6.08. The number of anilines is 1. The van der Waals surface area contributed by atoms with Gasteiger partial charge in [0.1, 0.15) is 11.6 Å². The Balaban J connectivity index is 1.69. The molecule has 0 saturated carbocycles. The first-order chi connectivity index (χ1) is 11.2. The van der Waals surface area contributed by atoms with E-state index in [1.807, 2.05) is 0 Å². The lowest BCUT2D eigenvalue weighted by molar-refractivity contribution is -0.126. The zero-order valence-corrected chi connectivity index (χ0v) is 12.5. The van der Waals surface area contributed by atoms with Gasteiger partial charge in [0.2, 0.25) is 17.8 Å². The first kappa shape index (κ1) is 13.8. The van der Waals surface area contributed by atoms with E-state index < -0.39 is 23.8 Å². The van der Waals surface area contributed by atoms with Crippen molar-refractivity contribution in [3.8, 4) is 0 Å². The highest BCUT2D eigenvalue weighted by Gasteiger charge is 2.57. The van der Waals surface area contributed by atoms with Gasteiger partial charge in [-0.2, -0.15) is 0 Å². The van der Waals surface area contributed by atoms with Gasteiger partial charge in [-0.25, -0.2) is 4.90 Å². The van der Waals surface area contributed by atoms with Gasteiger partial charge in [-0.05, 0) is 23.6 Å². The molecular weight excluding hydrogens is 316 g/mol. The number of thiophene rings is 1. The van der Waals surface area contributed by atoms with Crippen molar-refractivity contribution in [1.82, 2.24) is 0 Å². The summed E-state index contributed by atoms with van der Waals surface area (Å²) in [7, 11) is 0. The number of hydrogen-bond acceptors (Lipinski definition) is 6. The van der Waals surface area contributed by atoms with Crippen LogP contribution in [-0.4, -0.2) is 29.4 Å². The van der Waals surface area contributed by atoms with Gasteiger partial charge in [-0.1, -0.05) is 29.4 Å². The summed E-state index contributed by atoms with van der Waals surface area (Å²) < 4.78 is 0. The van der Waals surface area contributed by atoms with E-state index in [1.54, 1.807) is 47.8 Å². The number of imide groups is 1. The molecule has 23 heavy (non-hydrogen) atoms. The molecule has 2 aliphatic heterocycles. The van der Waals surface area contributed by atoms with Crippen molar-refractivity contribution in [3.63, 3.8) is 0 Å². The van der Waals surface area contributed by atoms with E-state index in [0.717, 1.165) is 4.90 Å². The molecule has 1 fully saturated rings. The number of hydrogen-bond donors (Lipinski definition) is 0. The van der Waals surface area contributed by atoms with E-state index in [0.29, 0.717) is 10.6 Å². The molecule has 2 atom stereocenters. The van der Waals surface area contributed by atoms with Crippen molar-refractivity contribution in [3.05, 3.63) is 52.7 Å². The molecule has 7 heteroatoms. The third kappa shape index (κ3) is 2.01. The highest BCUT2D eigenvalue weighted by Crippen LogP contribution is 2.34. The van der Waals surface area contributed by atoms with Crippen LogP contribution in [0.2, 0.25) is 0 Å². The topological polar surface area (TPSA) is 76.0 Å². The van der Waals surface area contributed by atoms with Gasteiger partial charge >= 0.3 is 0 Å². The first-order valence-electron chi connectivity index (χ1n) is 6.93. The summed E-state index contributed by atoms with van der Waals surface area (Å²) >= 11 is 1.26. The minimum Gasteiger partial charge on any atom is -0.381 e. The molecule has 1 saturated heterocycles. The van der Waals surface area contributed by atoms with Crippen LogP contribution in [0.5, 0.6) is 0 Å². The molecule has 2 aromatic rings. The minimum atomic E-state index is -1.05. The van der Waals surface area contributed by atoms with Crippen molar-refractivity contribution in [2.24, 2.45) is 11.1 Å². The normalized spacial score (nSPS) is 22.8. The van der Waals surface area contributed by atoms with E-state index in [-0.39, 0.29) is 11.5 Å². The quantitative estimate of drug-likeness (QED) is 0.637. The summed E-state index contributed by atoms with van der Waals surface area (Å²) in [4.78, 5) is 44.2. The summed E-state index contributed by atoms with van der Waals surface area (Å²) in [5.74, 6) is -2.32. The number of Topliss-reactive ketones (excluding diaryl/α,β-unsaturated/α-hetero) is 1. The molecule has 6 nitrogen and oxygen atoms in total. The van der Waals surface area contributed by atoms with Gasteiger partial charge in [0.25, 0.3) is 5.91 Å². The van der Waals surface area contributed by atoms with Crippen LogP contribution >= 0.6 is 11.3 Å². The maximum absolute atomic E-state index is 12.7. The number of para-hydroxylation sites is 1. The molecule has 0 spiro atoms. The maximum Gasteiger partial charge on any atom is 0.278 e. The van der Waals surface area contributed by atoms with Crippen molar-refractivity contribution < 1.29 is 19.2 Å². The van der Waals surface area contributed by atoms with Gasteiger partial charge < -0.3 is 4.84 Å². The smallest absolute Gasteiger partial charge is 0.278 e. The van der Waals surface area contributed by atoms with E-state index in [2.05, 4.69) is 5.16 Å². The summed E-state index contributed by atoms with van der Waals surface area (Å²) in [6.45, 7) is 0. The van der Waals surface area contributed by atoms with Gasteiger partial charge in [-0.15, -0.1) is 11.3 Å². The van der Waals surface area contributed by atoms with E-state index in [4.69, 9.17) is 4.84 Å². The van der Waals surface area contributed by atoms with Crippen molar-refractivity contribution in [1.29, 1.82) is 0 Å². The number of oxime groups is 1. The summed E-state index contributed by atoms with van der Waals surface area (Å²) in [5, 5.41) is 5.47. The van der Waals surface area contributed by atoms with E-state index >= 15 is 0 Å². The van der Waals surface area contributed by atoms with Crippen molar-refractivity contribution in [2.75, 3.05) is 4.90 Å². The SMILES string of the molecule is O=C(C1=NO[C@@H]2C(=O)N(c3ccccc3)C(=O)[C@@H]12)c1cccs1. The lowest BCUT2D eigenvalue weighted by Crippen LogP contribution is -2.34. The van der Waals surface area contributed by atoms with Crippen LogP contribution in [0.3, 0.4) is 0 Å². The second kappa shape index (κ2) is 5.13. The van der Waals surface area contributed by atoms with Crippen molar-refractivity contribution in [2.45, 2.75) is 6.10 Å². The highest BCUT2D eigenvalue weighted by atomic mass is 32.1. The minimum absolute atomic E-state index is 0.00534. The fourth-order valence-corrected chi connectivity index (χ4v) is 3.40. The van der Waals surface area contributed by atoms with Gasteiger partial charge in [0.15, 0.2) is 0 Å². The molecule has 0 aliphatic carbocycles. The number of carbonyl (C=O) groups excluding carboxylic acids is 3. The standard InChI is InChI=1S/C16H10N2O4S/c19-13(10-7-4-8-23-10)12-11-14(22-17-12)16(21)18(15(11)20)9-5-2-1-3-6-9/h1-8,11,14H/t11-,14-/m0/s1. The fraction of sp³-hybridized carbons (Fsp3) is 0.125. The average Bonchev–Trinajstić information content (AvgIpc) is 3.28. The van der Waals surface area contributed by atoms with Gasteiger partial charge in [0.05, 0.1) is 10.6 Å². The van der Waals surface area contributed by atoms with Crippen LogP contribution in [-0.2, 0) is 14.4 Å². The Morgan fingerprint density at radius 1 is 1.09 bits per heavy atom. The number of amides is 2. The largest absolute Gasteiger partial charge is 0.381 e. The lowest BCUT2D eigenvalue weighted by Gasteiger charge is -2.14. The number of rotatable bonds is 3. The van der Waals surface area contributed by atoms with Crippen LogP contribution in [0.1, 0.15) is 9.67 Å². The summed E-state index contributed by atoms with van der Waals surface area (Å²) in [5.41, 5.74) is 0.456. The maximum atomic E-state index is 12.7. The Hall–Kier alpha value is -2.80. The Morgan fingerprint density at radius 3 is 2.57 bits per heavy atom. The Morgan fingerprint density at radius 2 is 1.87 bits per heavy atom. The highest BCUT2D eigenvalue weighted by molar-refractivity contribution is 7.13. The third-order valence-electron chi connectivity index (χ3n) is 3.80. The zero-order valence-electron chi connectivity index (χ0n) is 11.7. The van der Waals surface area contributed by atoms with E-state index in [9.17, 15) is 14.4 Å². The fourth-order valence-electron chi connectivity index (χ4n) is 2.73. The predicted molar refractivity (Wildman–Crippen MR) is 83.4 cm³/mol. The first-order valence-corrected chi connectivity index (χ1v) is 7.81. The zero-order chi connectivity index (χ0) is 16.0.